The average Bonchev–Trinajstić information content (AvgIpc) is 3.06. The third-order valence-corrected chi connectivity index (χ3v) is 6.43. The predicted octanol–water partition coefficient (Wildman–Crippen LogP) is 5.42. The number of aromatic nitrogens is 1. The summed E-state index contributed by atoms with van der Waals surface area (Å²) in [7, 11) is 0. The van der Waals surface area contributed by atoms with Crippen molar-refractivity contribution in [3.63, 3.8) is 0 Å². The second-order valence-corrected chi connectivity index (χ2v) is 8.38. The summed E-state index contributed by atoms with van der Waals surface area (Å²) < 4.78 is 0. The minimum atomic E-state index is 0.601. The fraction of sp³-hybridized carbons (Fsp3) is 0.360. The maximum atomic E-state index is 3.74. The van der Waals surface area contributed by atoms with Crippen molar-refractivity contribution >= 4 is 16.5 Å². The molecule has 1 aromatic heterocycles. The lowest BCUT2D eigenvalue weighted by Gasteiger charge is -2.30. The number of aromatic amines is 1. The van der Waals surface area contributed by atoms with Crippen LogP contribution in [-0.2, 0) is 12.8 Å². The van der Waals surface area contributed by atoms with Crippen molar-refractivity contribution < 1.29 is 0 Å². The molecule has 0 amide bonds. The van der Waals surface area contributed by atoms with E-state index in [9.17, 15) is 0 Å². The van der Waals surface area contributed by atoms with Gasteiger partial charge in [0.15, 0.2) is 0 Å². The first-order chi connectivity index (χ1) is 13.3. The van der Waals surface area contributed by atoms with E-state index in [-0.39, 0.29) is 0 Å². The Morgan fingerprint density at radius 3 is 2.81 bits per heavy atom. The average molecular weight is 357 g/mol. The molecule has 0 bridgehead atoms. The van der Waals surface area contributed by atoms with Crippen LogP contribution in [0.1, 0.15) is 41.6 Å². The van der Waals surface area contributed by atoms with E-state index in [1.807, 2.05) is 0 Å². The number of fused-ring (bicyclic) bond motifs is 3. The monoisotopic (exact) mass is 356 g/mol. The van der Waals surface area contributed by atoms with Crippen LogP contribution in [0, 0.1) is 12.8 Å². The Morgan fingerprint density at radius 1 is 1.04 bits per heavy atom. The molecule has 1 aliphatic heterocycles. The standard InChI is InChI=1S/C25H28N2/c1-17-7-9-22-23-15-18(8-10-24(23)27-25(22)13-17)14-21-16-20(11-12-26-21)19-5-3-2-4-6-19/h2-7,9,11,13,18,21,26-27H,8,10,12,14-16H2,1H3. The minimum Gasteiger partial charge on any atom is -0.358 e. The minimum absolute atomic E-state index is 0.601. The van der Waals surface area contributed by atoms with Gasteiger partial charge in [-0.2, -0.15) is 0 Å². The molecule has 2 atom stereocenters. The number of H-pyrrole nitrogens is 1. The third-order valence-electron chi connectivity index (χ3n) is 6.43. The van der Waals surface area contributed by atoms with Gasteiger partial charge in [-0.1, -0.05) is 48.5 Å². The summed E-state index contributed by atoms with van der Waals surface area (Å²) in [6, 6.07) is 18.3. The summed E-state index contributed by atoms with van der Waals surface area (Å²) in [5, 5.41) is 5.19. The number of nitrogens with one attached hydrogen (secondary N) is 2. The first kappa shape index (κ1) is 16.8. The highest BCUT2D eigenvalue weighted by Crippen LogP contribution is 2.35. The summed E-state index contributed by atoms with van der Waals surface area (Å²) in [6.45, 7) is 3.17. The Labute approximate surface area is 161 Å². The summed E-state index contributed by atoms with van der Waals surface area (Å²) in [5.74, 6) is 0.783. The first-order valence-corrected chi connectivity index (χ1v) is 10.3. The van der Waals surface area contributed by atoms with Crippen LogP contribution < -0.4 is 5.32 Å². The Bertz CT molecular complexity index is 980. The SMILES string of the molecule is Cc1ccc2c3c([nH]c2c1)CCC(CC1CC(c2ccccc2)=CCN1)C3. The Hall–Kier alpha value is -2.32. The fourth-order valence-corrected chi connectivity index (χ4v) is 5.04. The molecule has 5 rings (SSSR count). The molecule has 138 valence electrons. The topological polar surface area (TPSA) is 27.8 Å². The van der Waals surface area contributed by atoms with Crippen LogP contribution in [0.2, 0.25) is 0 Å². The Balaban J connectivity index is 1.30. The van der Waals surface area contributed by atoms with Crippen LogP contribution in [-0.4, -0.2) is 17.6 Å². The molecule has 27 heavy (non-hydrogen) atoms. The van der Waals surface area contributed by atoms with E-state index in [2.05, 4.69) is 71.8 Å². The van der Waals surface area contributed by atoms with Gasteiger partial charge in [-0.05, 0) is 73.3 Å². The van der Waals surface area contributed by atoms with Gasteiger partial charge in [-0.15, -0.1) is 0 Å². The molecule has 3 aromatic rings. The predicted molar refractivity (Wildman–Crippen MR) is 114 cm³/mol. The van der Waals surface area contributed by atoms with E-state index in [4.69, 9.17) is 0 Å². The second-order valence-electron chi connectivity index (χ2n) is 8.38. The molecule has 0 fully saturated rings. The van der Waals surface area contributed by atoms with Gasteiger partial charge in [0, 0.05) is 29.2 Å². The number of aryl methyl sites for hydroxylation is 2. The van der Waals surface area contributed by atoms with Gasteiger partial charge >= 0.3 is 0 Å². The fourth-order valence-electron chi connectivity index (χ4n) is 5.04. The van der Waals surface area contributed by atoms with Gasteiger partial charge < -0.3 is 10.3 Å². The maximum absolute atomic E-state index is 3.74. The molecule has 2 N–H and O–H groups in total. The molecule has 2 unspecified atom stereocenters. The van der Waals surface area contributed by atoms with E-state index in [0.29, 0.717) is 6.04 Å². The van der Waals surface area contributed by atoms with E-state index >= 15 is 0 Å². The quantitative estimate of drug-likeness (QED) is 0.644. The lowest BCUT2D eigenvalue weighted by molar-refractivity contribution is 0.356. The highest BCUT2D eigenvalue weighted by molar-refractivity contribution is 5.85. The van der Waals surface area contributed by atoms with Gasteiger partial charge in [-0.25, -0.2) is 0 Å². The zero-order valence-corrected chi connectivity index (χ0v) is 16.1. The van der Waals surface area contributed by atoms with Gasteiger partial charge in [0.05, 0.1) is 0 Å². The lowest BCUT2D eigenvalue weighted by Crippen LogP contribution is -2.35. The van der Waals surface area contributed by atoms with Crippen molar-refractivity contribution in [3.05, 3.63) is 77.0 Å². The molecule has 2 heterocycles. The molecule has 2 nitrogen and oxygen atoms in total. The van der Waals surface area contributed by atoms with Crippen LogP contribution in [0.25, 0.3) is 16.5 Å². The normalized spacial score (nSPS) is 22.5. The van der Waals surface area contributed by atoms with Crippen molar-refractivity contribution in [1.82, 2.24) is 10.3 Å². The molecule has 2 aromatic carbocycles. The highest BCUT2D eigenvalue weighted by Gasteiger charge is 2.26. The molecule has 2 aliphatic rings. The van der Waals surface area contributed by atoms with Crippen molar-refractivity contribution in [1.29, 1.82) is 0 Å². The maximum Gasteiger partial charge on any atom is 0.0461 e. The third kappa shape index (κ3) is 3.35. The molecular formula is C25H28N2. The summed E-state index contributed by atoms with van der Waals surface area (Å²) in [6.07, 6.45) is 8.53. The molecule has 0 spiro atoms. The van der Waals surface area contributed by atoms with E-state index in [1.54, 1.807) is 5.56 Å². The molecule has 2 heteroatoms. The van der Waals surface area contributed by atoms with Crippen LogP contribution in [0.3, 0.4) is 0 Å². The molecule has 0 saturated carbocycles. The summed E-state index contributed by atoms with van der Waals surface area (Å²) in [5.41, 5.74) is 8.62. The number of hydrogen-bond donors (Lipinski definition) is 2. The van der Waals surface area contributed by atoms with Gasteiger partial charge in [0.25, 0.3) is 0 Å². The zero-order valence-electron chi connectivity index (χ0n) is 16.1. The van der Waals surface area contributed by atoms with Crippen LogP contribution >= 0.6 is 0 Å². The summed E-state index contributed by atoms with van der Waals surface area (Å²) in [4.78, 5) is 3.68. The molecule has 1 aliphatic carbocycles. The lowest BCUT2D eigenvalue weighted by atomic mass is 9.80. The van der Waals surface area contributed by atoms with E-state index < -0.39 is 0 Å². The largest absolute Gasteiger partial charge is 0.358 e. The molecular weight excluding hydrogens is 328 g/mol. The van der Waals surface area contributed by atoms with Gasteiger partial charge in [-0.3, -0.25) is 0 Å². The van der Waals surface area contributed by atoms with E-state index in [0.717, 1.165) is 18.9 Å². The number of rotatable bonds is 3. The zero-order chi connectivity index (χ0) is 18.2. The molecule has 0 saturated heterocycles. The number of benzene rings is 2. The van der Waals surface area contributed by atoms with E-state index in [1.165, 1.54) is 59.0 Å². The van der Waals surface area contributed by atoms with Crippen molar-refractivity contribution in [2.24, 2.45) is 5.92 Å². The van der Waals surface area contributed by atoms with Gasteiger partial charge in [0.2, 0.25) is 0 Å². The highest BCUT2D eigenvalue weighted by atomic mass is 14.9. The Morgan fingerprint density at radius 2 is 1.93 bits per heavy atom. The Kier molecular flexibility index (Phi) is 4.37. The van der Waals surface area contributed by atoms with Crippen molar-refractivity contribution in [2.75, 3.05) is 6.54 Å². The smallest absolute Gasteiger partial charge is 0.0461 e. The first-order valence-electron chi connectivity index (χ1n) is 10.3. The number of hydrogen-bond acceptors (Lipinski definition) is 1. The van der Waals surface area contributed by atoms with Crippen LogP contribution in [0.5, 0.6) is 0 Å². The molecule has 0 radical (unpaired) electrons. The van der Waals surface area contributed by atoms with Crippen molar-refractivity contribution in [3.8, 4) is 0 Å². The van der Waals surface area contributed by atoms with Crippen molar-refractivity contribution in [2.45, 2.75) is 45.1 Å². The summed E-state index contributed by atoms with van der Waals surface area (Å²) >= 11 is 0. The van der Waals surface area contributed by atoms with Crippen LogP contribution in [0.4, 0.5) is 0 Å². The van der Waals surface area contributed by atoms with Gasteiger partial charge in [0.1, 0.15) is 0 Å². The van der Waals surface area contributed by atoms with Crippen LogP contribution in [0.15, 0.2) is 54.6 Å². The second kappa shape index (κ2) is 7.01.